The molecule has 3 aromatic rings. The first-order valence-electron chi connectivity index (χ1n) is 4.72. The Bertz CT molecular complexity index is 608. The molecular weight excluding hydrogens is 172 g/mol. The van der Waals surface area contributed by atoms with Crippen LogP contribution in [-0.4, -0.2) is 4.98 Å². The quantitative estimate of drug-likeness (QED) is 0.516. The number of aromatic nitrogens is 2. The maximum absolute atomic E-state index is 3.24. The molecule has 68 valence electrons. The van der Waals surface area contributed by atoms with Crippen LogP contribution in [0.15, 0.2) is 42.9 Å². The zero-order valence-corrected chi connectivity index (χ0v) is 7.99. The van der Waals surface area contributed by atoms with Gasteiger partial charge in [0.1, 0.15) is 12.4 Å². The molecule has 2 aromatic heterocycles. The van der Waals surface area contributed by atoms with E-state index in [1.165, 1.54) is 16.3 Å². The summed E-state index contributed by atoms with van der Waals surface area (Å²) in [6.45, 7) is 2.12. The summed E-state index contributed by atoms with van der Waals surface area (Å²) in [4.78, 5) is 3.24. The number of imidazole rings is 1. The van der Waals surface area contributed by atoms with Gasteiger partial charge in [-0.1, -0.05) is 17.7 Å². The molecule has 2 nitrogen and oxygen atoms in total. The molecule has 0 saturated carbocycles. The van der Waals surface area contributed by atoms with Gasteiger partial charge < -0.3 is 0 Å². The topological polar surface area (TPSA) is 19.9 Å². The number of aromatic amines is 1. The summed E-state index contributed by atoms with van der Waals surface area (Å²) in [5.41, 5.74) is 2.45. The normalized spacial score (nSPS) is 11.2. The Labute approximate surface area is 81.8 Å². The second kappa shape index (κ2) is 2.58. The van der Waals surface area contributed by atoms with Gasteiger partial charge in [-0.2, -0.15) is 0 Å². The van der Waals surface area contributed by atoms with Crippen molar-refractivity contribution in [3.05, 3.63) is 48.4 Å². The van der Waals surface area contributed by atoms with Crippen LogP contribution in [0.3, 0.4) is 0 Å². The first kappa shape index (κ1) is 7.56. The molecule has 0 aliphatic carbocycles. The molecule has 14 heavy (non-hydrogen) atoms. The van der Waals surface area contributed by atoms with Crippen molar-refractivity contribution in [3.63, 3.8) is 0 Å². The summed E-state index contributed by atoms with van der Waals surface area (Å²) in [6.07, 6.45) is 6.05. The lowest BCUT2D eigenvalue weighted by Gasteiger charge is -1.97. The van der Waals surface area contributed by atoms with Crippen LogP contribution >= 0.6 is 0 Å². The molecule has 2 heteroatoms. The van der Waals surface area contributed by atoms with Crippen LogP contribution in [-0.2, 0) is 0 Å². The highest BCUT2D eigenvalue weighted by Crippen LogP contribution is 2.16. The van der Waals surface area contributed by atoms with Crippen molar-refractivity contribution in [1.82, 2.24) is 4.98 Å². The van der Waals surface area contributed by atoms with E-state index in [0.717, 1.165) is 5.65 Å². The maximum atomic E-state index is 3.24. The number of hydrogen-bond acceptors (Lipinski definition) is 0. The fourth-order valence-electron chi connectivity index (χ4n) is 1.88. The first-order valence-corrected chi connectivity index (χ1v) is 4.72. The van der Waals surface area contributed by atoms with E-state index in [1.54, 1.807) is 0 Å². The van der Waals surface area contributed by atoms with Crippen LogP contribution in [0.1, 0.15) is 5.56 Å². The molecule has 0 aliphatic rings. The van der Waals surface area contributed by atoms with E-state index in [1.807, 2.05) is 12.4 Å². The van der Waals surface area contributed by atoms with Crippen molar-refractivity contribution in [1.29, 1.82) is 0 Å². The third-order valence-corrected chi connectivity index (χ3v) is 2.59. The van der Waals surface area contributed by atoms with E-state index >= 15 is 0 Å². The summed E-state index contributed by atoms with van der Waals surface area (Å²) in [5, 5.41) is 2.55. The number of rotatable bonds is 0. The van der Waals surface area contributed by atoms with Crippen molar-refractivity contribution < 1.29 is 4.40 Å². The number of aryl methyl sites for hydroxylation is 1. The largest absolute Gasteiger partial charge is 0.291 e. The standard InChI is InChI=1S/C12H10N2/c1-9-2-3-11-10(8-9)4-6-14-7-5-13-12(11)14/h2-8H,1H3/p+1. The summed E-state index contributed by atoms with van der Waals surface area (Å²) in [7, 11) is 0. The van der Waals surface area contributed by atoms with Gasteiger partial charge >= 0.3 is 0 Å². The van der Waals surface area contributed by atoms with Crippen LogP contribution in [0.25, 0.3) is 16.4 Å². The lowest BCUT2D eigenvalue weighted by molar-refractivity contribution is -0.508. The minimum atomic E-state index is 1.16. The molecule has 0 aliphatic heterocycles. The Morgan fingerprint density at radius 2 is 2.07 bits per heavy atom. The van der Waals surface area contributed by atoms with Crippen molar-refractivity contribution in [3.8, 4) is 0 Å². The Morgan fingerprint density at radius 1 is 1.14 bits per heavy atom. The number of pyridine rings is 1. The molecule has 0 spiro atoms. The summed E-state index contributed by atoms with van der Waals surface area (Å²) in [5.74, 6) is 0. The summed E-state index contributed by atoms with van der Waals surface area (Å²) >= 11 is 0. The minimum Gasteiger partial charge on any atom is -0.243 e. The van der Waals surface area contributed by atoms with E-state index in [0.29, 0.717) is 0 Å². The van der Waals surface area contributed by atoms with Gasteiger partial charge in [-0.15, -0.1) is 0 Å². The molecule has 2 heterocycles. The van der Waals surface area contributed by atoms with Gasteiger partial charge in [0.25, 0.3) is 5.65 Å². The van der Waals surface area contributed by atoms with E-state index in [2.05, 4.69) is 46.8 Å². The highest BCUT2D eigenvalue weighted by molar-refractivity contribution is 5.92. The minimum absolute atomic E-state index is 1.16. The predicted molar refractivity (Wildman–Crippen MR) is 56.2 cm³/mol. The molecule has 0 amide bonds. The number of nitrogens with zero attached hydrogens (tertiary/aromatic N) is 1. The molecule has 1 N–H and O–H groups in total. The second-order valence-corrected chi connectivity index (χ2v) is 3.62. The smallest absolute Gasteiger partial charge is 0.243 e. The fourth-order valence-corrected chi connectivity index (χ4v) is 1.88. The van der Waals surface area contributed by atoms with Gasteiger partial charge in [0.15, 0.2) is 0 Å². The molecule has 0 unspecified atom stereocenters. The highest BCUT2D eigenvalue weighted by Gasteiger charge is 2.06. The van der Waals surface area contributed by atoms with Crippen LogP contribution < -0.4 is 4.40 Å². The van der Waals surface area contributed by atoms with Gasteiger partial charge in [-0.25, -0.2) is 9.38 Å². The zero-order chi connectivity index (χ0) is 9.54. The molecule has 3 rings (SSSR count). The van der Waals surface area contributed by atoms with Crippen LogP contribution in [0.5, 0.6) is 0 Å². The molecule has 0 bridgehead atoms. The number of benzene rings is 1. The zero-order valence-electron chi connectivity index (χ0n) is 7.99. The van der Waals surface area contributed by atoms with Gasteiger partial charge in [0.05, 0.1) is 11.6 Å². The van der Waals surface area contributed by atoms with E-state index in [4.69, 9.17) is 0 Å². The Kier molecular flexibility index (Phi) is 1.39. The van der Waals surface area contributed by atoms with Crippen LogP contribution in [0, 0.1) is 6.92 Å². The SMILES string of the molecule is Cc1ccc2c(cc[n+]3cc[nH]c23)c1. The molecular formula is C12H11N2+. The van der Waals surface area contributed by atoms with Gasteiger partial charge in [0.2, 0.25) is 0 Å². The van der Waals surface area contributed by atoms with Crippen molar-refractivity contribution >= 4 is 16.4 Å². The average molecular weight is 183 g/mol. The van der Waals surface area contributed by atoms with Crippen LogP contribution in [0.2, 0.25) is 0 Å². The Hall–Kier alpha value is -1.83. The highest BCUT2D eigenvalue weighted by atomic mass is 15.0. The lowest BCUT2D eigenvalue weighted by atomic mass is 10.1. The van der Waals surface area contributed by atoms with Crippen molar-refractivity contribution in [2.45, 2.75) is 6.92 Å². The van der Waals surface area contributed by atoms with Gasteiger partial charge in [-0.05, 0) is 24.4 Å². The molecule has 0 atom stereocenters. The number of hydrogen-bond donors (Lipinski definition) is 1. The predicted octanol–water partition coefficient (Wildman–Crippen LogP) is 2.22. The van der Waals surface area contributed by atoms with Gasteiger partial charge in [-0.3, -0.25) is 0 Å². The summed E-state index contributed by atoms with van der Waals surface area (Å²) in [6, 6.07) is 8.65. The first-order chi connectivity index (χ1) is 6.84. The van der Waals surface area contributed by atoms with E-state index < -0.39 is 0 Å². The second-order valence-electron chi connectivity index (χ2n) is 3.62. The van der Waals surface area contributed by atoms with E-state index in [9.17, 15) is 0 Å². The molecule has 0 saturated heterocycles. The number of H-pyrrole nitrogens is 1. The van der Waals surface area contributed by atoms with Gasteiger partial charge in [0, 0.05) is 0 Å². The third kappa shape index (κ3) is 0.940. The van der Waals surface area contributed by atoms with Crippen LogP contribution in [0.4, 0.5) is 0 Å². The Morgan fingerprint density at radius 3 is 3.00 bits per heavy atom. The Balaban J connectivity index is 2.57. The van der Waals surface area contributed by atoms with Crippen molar-refractivity contribution in [2.75, 3.05) is 0 Å². The maximum Gasteiger partial charge on any atom is 0.291 e. The summed E-state index contributed by atoms with van der Waals surface area (Å²) < 4.78 is 2.09. The number of fused-ring (bicyclic) bond motifs is 3. The van der Waals surface area contributed by atoms with Crippen molar-refractivity contribution in [2.24, 2.45) is 0 Å². The van der Waals surface area contributed by atoms with E-state index in [-0.39, 0.29) is 0 Å². The molecule has 1 aromatic carbocycles. The average Bonchev–Trinajstić information content (AvgIpc) is 2.65. The third-order valence-electron chi connectivity index (χ3n) is 2.59. The fraction of sp³-hybridized carbons (Fsp3) is 0.0833. The lowest BCUT2D eigenvalue weighted by Crippen LogP contribution is -2.16. The molecule has 0 fully saturated rings. The number of nitrogens with one attached hydrogen (secondary N) is 1. The molecule has 0 radical (unpaired) electrons. The monoisotopic (exact) mass is 183 g/mol.